The number of hydrogen-bond acceptors (Lipinski definition) is 4. The average Bonchev–Trinajstić information content (AvgIpc) is 2.87. The Labute approximate surface area is 234 Å². The van der Waals surface area contributed by atoms with E-state index in [2.05, 4.69) is 5.32 Å². The zero-order valence-electron chi connectivity index (χ0n) is 21.7. The van der Waals surface area contributed by atoms with Gasteiger partial charge in [0.15, 0.2) is 0 Å². The minimum atomic E-state index is -3.83. The Hall–Kier alpha value is -3.07. The zero-order chi connectivity index (χ0) is 28.0. The van der Waals surface area contributed by atoms with Crippen molar-refractivity contribution in [1.29, 1.82) is 0 Å². The molecule has 0 bridgehead atoms. The number of nitrogens with zero attached hydrogens (tertiary/aromatic N) is 2. The molecule has 1 N–H and O–H groups in total. The summed E-state index contributed by atoms with van der Waals surface area (Å²) in [4.78, 5) is 28.4. The molecule has 0 saturated carbocycles. The number of amides is 2. The Morgan fingerprint density at radius 1 is 0.947 bits per heavy atom. The summed E-state index contributed by atoms with van der Waals surface area (Å²) >= 11 is 12.5. The molecule has 0 aliphatic heterocycles. The van der Waals surface area contributed by atoms with E-state index in [0.29, 0.717) is 21.3 Å². The van der Waals surface area contributed by atoms with Crippen LogP contribution in [0.15, 0.2) is 66.7 Å². The summed E-state index contributed by atoms with van der Waals surface area (Å²) in [5.41, 5.74) is 3.67. The summed E-state index contributed by atoms with van der Waals surface area (Å²) in [5.74, 6) is -0.937. The highest BCUT2D eigenvalue weighted by Crippen LogP contribution is 2.26. The molecule has 7 nitrogen and oxygen atoms in total. The van der Waals surface area contributed by atoms with Gasteiger partial charge in [-0.25, -0.2) is 8.42 Å². The molecule has 0 heterocycles. The third kappa shape index (κ3) is 7.49. The number of nitrogens with one attached hydrogen (secondary N) is 1. The molecular weight excluding hydrogens is 545 g/mol. The van der Waals surface area contributed by atoms with Gasteiger partial charge in [-0.3, -0.25) is 13.9 Å². The molecule has 0 saturated heterocycles. The molecule has 0 unspecified atom stereocenters. The monoisotopic (exact) mass is 575 g/mol. The Kier molecular flexibility index (Phi) is 9.82. The molecule has 0 aliphatic rings. The Morgan fingerprint density at radius 2 is 1.63 bits per heavy atom. The van der Waals surface area contributed by atoms with E-state index in [4.69, 9.17) is 23.2 Å². The Bertz CT molecular complexity index is 1410. The fourth-order valence-electron chi connectivity index (χ4n) is 4.05. The maximum atomic E-state index is 13.9. The molecule has 10 heteroatoms. The fraction of sp³-hybridized carbons (Fsp3) is 0.286. The summed E-state index contributed by atoms with van der Waals surface area (Å²) < 4.78 is 26.7. The van der Waals surface area contributed by atoms with Crippen LogP contribution in [-0.2, 0) is 32.6 Å². The number of carbonyl (C=O) groups is 2. The lowest BCUT2D eigenvalue weighted by atomic mass is 10.0. The largest absolute Gasteiger partial charge is 0.357 e. The van der Waals surface area contributed by atoms with Crippen LogP contribution in [0.5, 0.6) is 0 Å². The van der Waals surface area contributed by atoms with Crippen molar-refractivity contribution in [1.82, 2.24) is 10.2 Å². The highest BCUT2D eigenvalue weighted by molar-refractivity contribution is 7.92. The predicted octanol–water partition coefficient (Wildman–Crippen LogP) is 4.76. The number of carbonyl (C=O) groups excluding carboxylic acids is 2. The molecule has 202 valence electrons. The van der Waals surface area contributed by atoms with Gasteiger partial charge in [-0.15, -0.1) is 0 Å². The van der Waals surface area contributed by atoms with Crippen molar-refractivity contribution in [2.45, 2.75) is 32.9 Å². The van der Waals surface area contributed by atoms with Crippen LogP contribution in [0.4, 0.5) is 5.69 Å². The molecule has 38 heavy (non-hydrogen) atoms. The second kappa shape index (κ2) is 12.7. The van der Waals surface area contributed by atoms with Gasteiger partial charge >= 0.3 is 0 Å². The summed E-state index contributed by atoms with van der Waals surface area (Å²) in [6, 6.07) is 18.5. The number of anilines is 1. The van der Waals surface area contributed by atoms with Crippen molar-refractivity contribution in [3.8, 4) is 0 Å². The molecule has 3 aromatic carbocycles. The van der Waals surface area contributed by atoms with Crippen LogP contribution in [0.25, 0.3) is 0 Å². The lowest BCUT2D eigenvalue weighted by molar-refractivity contribution is -0.139. The van der Waals surface area contributed by atoms with E-state index in [9.17, 15) is 18.0 Å². The van der Waals surface area contributed by atoms with Gasteiger partial charge in [0.2, 0.25) is 21.8 Å². The van der Waals surface area contributed by atoms with E-state index in [1.807, 2.05) is 44.2 Å². The highest BCUT2D eigenvalue weighted by Gasteiger charge is 2.33. The lowest BCUT2D eigenvalue weighted by Gasteiger charge is -2.33. The Morgan fingerprint density at radius 3 is 2.21 bits per heavy atom. The average molecular weight is 577 g/mol. The lowest BCUT2D eigenvalue weighted by Crippen LogP contribution is -2.52. The first kappa shape index (κ1) is 29.5. The quantitative estimate of drug-likeness (QED) is 0.377. The number of aryl methyl sites for hydroxylation is 2. The SMILES string of the molecule is CNC(=O)[C@H](Cc1ccccc1)N(Cc1ccc(Cl)cc1Cl)C(=O)CN(c1ccc(C)c(C)c1)S(C)(=O)=O. The molecule has 0 aliphatic carbocycles. The second-order valence-corrected chi connectivity index (χ2v) is 11.9. The van der Waals surface area contributed by atoms with Crippen LogP contribution in [-0.4, -0.2) is 51.0 Å². The van der Waals surface area contributed by atoms with E-state index in [0.717, 1.165) is 27.3 Å². The maximum absolute atomic E-state index is 13.9. The third-order valence-corrected chi connectivity index (χ3v) is 8.06. The molecule has 1 atom stereocenters. The van der Waals surface area contributed by atoms with Gasteiger partial charge < -0.3 is 10.2 Å². The van der Waals surface area contributed by atoms with Crippen molar-refractivity contribution >= 4 is 50.7 Å². The number of likely N-dealkylation sites (N-methyl/N-ethyl adjacent to an activating group) is 1. The van der Waals surface area contributed by atoms with Crippen LogP contribution in [0, 0.1) is 13.8 Å². The maximum Gasteiger partial charge on any atom is 0.244 e. The molecule has 3 aromatic rings. The van der Waals surface area contributed by atoms with Crippen LogP contribution >= 0.6 is 23.2 Å². The number of benzene rings is 3. The van der Waals surface area contributed by atoms with E-state index in [1.165, 1.54) is 11.9 Å². The van der Waals surface area contributed by atoms with E-state index >= 15 is 0 Å². The van der Waals surface area contributed by atoms with Crippen molar-refractivity contribution < 1.29 is 18.0 Å². The smallest absolute Gasteiger partial charge is 0.244 e. The standard InChI is InChI=1S/C28H31Cl2N3O4S/c1-19-10-13-24(14-20(19)2)33(38(4,36)37)18-27(34)32(17-22-11-12-23(29)16-25(22)30)26(28(35)31-3)15-21-8-6-5-7-9-21/h5-14,16,26H,15,17-18H2,1-4H3,(H,31,35)/t26-/m0/s1. The first-order chi connectivity index (χ1) is 17.9. The van der Waals surface area contributed by atoms with Crippen LogP contribution in [0.2, 0.25) is 10.0 Å². The number of sulfonamides is 1. The topological polar surface area (TPSA) is 86.8 Å². The molecule has 0 radical (unpaired) electrons. The van der Waals surface area contributed by atoms with Crippen LogP contribution in [0.1, 0.15) is 22.3 Å². The third-order valence-electron chi connectivity index (χ3n) is 6.33. The van der Waals surface area contributed by atoms with Gasteiger partial charge in [-0.2, -0.15) is 0 Å². The van der Waals surface area contributed by atoms with E-state index in [-0.39, 0.29) is 18.9 Å². The number of hydrogen-bond donors (Lipinski definition) is 1. The van der Waals surface area contributed by atoms with Crippen molar-refractivity contribution in [2.24, 2.45) is 0 Å². The highest BCUT2D eigenvalue weighted by atomic mass is 35.5. The molecule has 0 aromatic heterocycles. The minimum Gasteiger partial charge on any atom is -0.357 e. The van der Waals surface area contributed by atoms with Crippen LogP contribution < -0.4 is 9.62 Å². The van der Waals surface area contributed by atoms with Crippen molar-refractivity contribution in [2.75, 3.05) is 24.2 Å². The van der Waals surface area contributed by atoms with Crippen molar-refractivity contribution in [3.63, 3.8) is 0 Å². The summed E-state index contributed by atoms with van der Waals surface area (Å²) in [7, 11) is -2.34. The molecule has 0 fully saturated rings. The predicted molar refractivity (Wildman–Crippen MR) is 153 cm³/mol. The van der Waals surface area contributed by atoms with E-state index in [1.54, 1.807) is 36.4 Å². The normalized spacial score (nSPS) is 12.1. The summed E-state index contributed by atoms with van der Waals surface area (Å²) in [6.45, 7) is 3.28. The van der Waals surface area contributed by atoms with Crippen LogP contribution in [0.3, 0.4) is 0 Å². The molecule has 3 rings (SSSR count). The number of halogens is 2. The molecule has 0 spiro atoms. The zero-order valence-corrected chi connectivity index (χ0v) is 24.1. The van der Waals surface area contributed by atoms with Gasteiger partial charge in [0.1, 0.15) is 12.6 Å². The summed E-state index contributed by atoms with van der Waals surface area (Å²) in [6.07, 6.45) is 1.27. The van der Waals surface area contributed by atoms with Gasteiger partial charge in [-0.1, -0.05) is 65.7 Å². The first-order valence-corrected chi connectivity index (χ1v) is 14.5. The van der Waals surface area contributed by atoms with Gasteiger partial charge in [-0.05, 0) is 60.4 Å². The van der Waals surface area contributed by atoms with Gasteiger partial charge in [0.05, 0.1) is 11.9 Å². The first-order valence-electron chi connectivity index (χ1n) is 11.9. The number of rotatable bonds is 10. The molecule has 2 amide bonds. The Balaban J connectivity index is 2.06. The minimum absolute atomic E-state index is 0.0235. The fourth-order valence-corrected chi connectivity index (χ4v) is 5.36. The van der Waals surface area contributed by atoms with Gasteiger partial charge in [0.25, 0.3) is 0 Å². The second-order valence-electron chi connectivity index (χ2n) is 9.12. The molecular formula is C28H31Cl2N3O4S. The van der Waals surface area contributed by atoms with Gasteiger partial charge in [0, 0.05) is 30.1 Å². The van der Waals surface area contributed by atoms with E-state index < -0.39 is 28.5 Å². The van der Waals surface area contributed by atoms with Crippen molar-refractivity contribution in [3.05, 3.63) is 99.0 Å². The summed E-state index contributed by atoms with van der Waals surface area (Å²) in [5, 5.41) is 3.41.